The SMILES string of the molecule is CC(C)c1ncc(C(=O)N2CCO[C@@H](Cc3ccccc3Cl)C2)c(=O)[nH]1. The number of carbonyl (C=O) groups is 1. The van der Waals surface area contributed by atoms with Gasteiger partial charge in [0.05, 0.1) is 12.7 Å². The molecule has 2 aromatic rings. The number of H-pyrrole nitrogens is 1. The van der Waals surface area contributed by atoms with Crippen molar-refractivity contribution in [1.82, 2.24) is 14.9 Å². The van der Waals surface area contributed by atoms with Gasteiger partial charge in [0.1, 0.15) is 11.4 Å². The van der Waals surface area contributed by atoms with Crippen LogP contribution >= 0.6 is 11.6 Å². The first kappa shape index (κ1) is 18.6. The quantitative estimate of drug-likeness (QED) is 0.891. The first-order chi connectivity index (χ1) is 12.5. The minimum atomic E-state index is -0.400. The Morgan fingerprint density at radius 3 is 2.88 bits per heavy atom. The van der Waals surface area contributed by atoms with E-state index < -0.39 is 5.56 Å². The van der Waals surface area contributed by atoms with Crippen molar-refractivity contribution < 1.29 is 9.53 Å². The molecule has 1 aromatic carbocycles. The van der Waals surface area contributed by atoms with Crippen LogP contribution in [0, 0.1) is 0 Å². The lowest BCUT2D eigenvalue weighted by atomic mass is 10.1. The highest BCUT2D eigenvalue weighted by Crippen LogP contribution is 2.20. The number of benzene rings is 1. The van der Waals surface area contributed by atoms with Crippen molar-refractivity contribution in [3.8, 4) is 0 Å². The number of rotatable bonds is 4. The molecule has 138 valence electrons. The lowest BCUT2D eigenvalue weighted by molar-refractivity contribution is -0.0208. The second-order valence-corrected chi connectivity index (χ2v) is 7.11. The topological polar surface area (TPSA) is 75.3 Å². The van der Waals surface area contributed by atoms with Gasteiger partial charge < -0.3 is 14.6 Å². The van der Waals surface area contributed by atoms with Crippen molar-refractivity contribution in [1.29, 1.82) is 0 Å². The van der Waals surface area contributed by atoms with Gasteiger partial charge in [0.15, 0.2) is 0 Å². The minimum Gasteiger partial charge on any atom is -0.374 e. The second-order valence-electron chi connectivity index (χ2n) is 6.71. The molecule has 0 radical (unpaired) electrons. The summed E-state index contributed by atoms with van der Waals surface area (Å²) in [5.41, 5.74) is 0.643. The molecule has 1 atom stereocenters. The Labute approximate surface area is 157 Å². The Morgan fingerprint density at radius 1 is 1.42 bits per heavy atom. The third-order valence-electron chi connectivity index (χ3n) is 4.43. The van der Waals surface area contributed by atoms with Gasteiger partial charge >= 0.3 is 0 Å². The molecule has 1 aliphatic heterocycles. The number of aromatic amines is 1. The predicted octanol–water partition coefficient (Wildman–Crippen LogP) is 2.63. The van der Waals surface area contributed by atoms with Crippen molar-refractivity contribution in [2.75, 3.05) is 19.7 Å². The third-order valence-corrected chi connectivity index (χ3v) is 4.80. The highest BCUT2D eigenvalue weighted by atomic mass is 35.5. The molecular weight excluding hydrogens is 354 g/mol. The Morgan fingerprint density at radius 2 is 2.19 bits per heavy atom. The lowest BCUT2D eigenvalue weighted by Crippen LogP contribution is -2.47. The molecule has 1 N–H and O–H groups in total. The highest BCUT2D eigenvalue weighted by molar-refractivity contribution is 6.31. The van der Waals surface area contributed by atoms with Crippen LogP contribution in [0.25, 0.3) is 0 Å². The lowest BCUT2D eigenvalue weighted by Gasteiger charge is -2.33. The number of halogens is 1. The van der Waals surface area contributed by atoms with Gasteiger partial charge in [-0.05, 0) is 11.6 Å². The summed E-state index contributed by atoms with van der Waals surface area (Å²) in [4.78, 5) is 33.5. The second kappa shape index (κ2) is 8.01. The molecule has 0 bridgehead atoms. The number of nitrogens with one attached hydrogen (secondary N) is 1. The summed E-state index contributed by atoms with van der Waals surface area (Å²) in [5, 5.41) is 0.685. The molecule has 0 spiro atoms. The van der Waals surface area contributed by atoms with Crippen LogP contribution in [-0.2, 0) is 11.2 Å². The van der Waals surface area contributed by atoms with E-state index in [9.17, 15) is 9.59 Å². The summed E-state index contributed by atoms with van der Waals surface area (Å²) < 4.78 is 5.78. The van der Waals surface area contributed by atoms with Gasteiger partial charge in [0.25, 0.3) is 11.5 Å². The Kier molecular flexibility index (Phi) is 5.74. The minimum absolute atomic E-state index is 0.0628. The zero-order valence-corrected chi connectivity index (χ0v) is 15.6. The fourth-order valence-corrected chi connectivity index (χ4v) is 3.17. The maximum absolute atomic E-state index is 12.8. The first-order valence-electron chi connectivity index (χ1n) is 8.69. The van der Waals surface area contributed by atoms with E-state index in [1.54, 1.807) is 4.90 Å². The van der Waals surface area contributed by atoms with Crippen LogP contribution in [0.15, 0.2) is 35.3 Å². The molecule has 7 heteroatoms. The van der Waals surface area contributed by atoms with Crippen LogP contribution in [0.3, 0.4) is 0 Å². The van der Waals surface area contributed by atoms with Crippen LogP contribution in [0.2, 0.25) is 5.02 Å². The van der Waals surface area contributed by atoms with Crippen molar-refractivity contribution in [2.24, 2.45) is 0 Å². The molecule has 0 unspecified atom stereocenters. The number of aromatic nitrogens is 2. The number of carbonyl (C=O) groups excluding carboxylic acids is 1. The number of nitrogens with zero attached hydrogens (tertiary/aromatic N) is 2. The van der Waals surface area contributed by atoms with Crippen LogP contribution in [0.1, 0.15) is 41.5 Å². The third kappa shape index (κ3) is 4.14. The molecule has 2 heterocycles. The van der Waals surface area contributed by atoms with Crippen LogP contribution < -0.4 is 5.56 Å². The molecule has 26 heavy (non-hydrogen) atoms. The zero-order chi connectivity index (χ0) is 18.7. The van der Waals surface area contributed by atoms with E-state index in [1.807, 2.05) is 38.1 Å². The maximum atomic E-state index is 12.8. The largest absolute Gasteiger partial charge is 0.374 e. The van der Waals surface area contributed by atoms with Crippen molar-refractivity contribution >= 4 is 17.5 Å². The van der Waals surface area contributed by atoms with Crippen LogP contribution in [0.4, 0.5) is 0 Å². The highest BCUT2D eigenvalue weighted by Gasteiger charge is 2.27. The number of amides is 1. The first-order valence-corrected chi connectivity index (χ1v) is 9.07. The molecule has 0 aliphatic carbocycles. The molecule has 6 nitrogen and oxygen atoms in total. The summed E-state index contributed by atoms with van der Waals surface area (Å²) in [7, 11) is 0. The molecule has 1 fully saturated rings. The number of ether oxygens (including phenoxy) is 1. The Bertz CT molecular complexity index is 850. The average molecular weight is 376 g/mol. The van der Waals surface area contributed by atoms with Crippen LogP contribution in [0.5, 0.6) is 0 Å². The van der Waals surface area contributed by atoms with Gasteiger partial charge in [-0.15, -0.1) is 0 Å². The molecule has 3 rings (SSSR count). The van der Waals surface area contributed by atoms with Gasteiger partial charge in [0, 0.05) is 36.6 Å². The Hall–Kier alpha value is -2.18. The summed E-state index contributed by atoms with van der Waals surface area (Å²) in [6.07, 6.45) is 1.83. The van der Waals surface area contributed by atoms with E-state index in [2.05, 4.69) is 9.97 Å². The van der Waals surface area contributed by atoms with E-state index in [0.29, 0.717) is 37.0 Å². The number of hydrogen-bond acceptors (Lipinski definition) is 4. The van der Waals surface area contributed by atoms with Crippen molar-refractivity contribution in [3.05, 3.63) is 62.8 Å². The van der Waals surface area contributed by atoms with E-state index in [0.717, 1.165) is 5.56 Å². The fraction of sp³-hybridized carbons (Fsp3) is 0.421. The predicted molar refractivity (Wildman–Crippen MR) is 99.7 cm³/mol. The van der Waals surface area contributed by atoms with E-state index in [-0.39, 0.29) is 23.5 Å². The van der Waals surface area contributed by atoms with E-state index in [4.69, 9.17) is 16.3 Å². The average Bonchev–Trinajstić information content (AvgIpc) is 2.63. The standard InChI is InChI=1S/C19H22ClN3O3/c1-12(2)17-21-10-15(18(24)22-17)19(25)23-7-8-26-14(11-23)9-13-5-3-4-6-16(13)20/h3-6,10,12,14H,7-9,11H2,1-2H3,(H,21,22,24)/t14-/m0/s1. The van der Waals surface area contributed by atoms with Crippen LogP contribution in [-0.4, -0.2) is 46.6 Å². The molecule has 1 amide bonds. The normalized spacial score (nSPS) is 17.5. The number of morpholine rings is 1. The number of hydrogen-bond donors (Lipinski definition) is 1. The zero-order valence-electron chi connectivity index (χ0n) is 14.9. The molecular formula is C19H22ClN3O3. The van der Waals surface area contributed by atoms with Gasteiger partial charge in [-0.1, -0.05) is 43.6 Å². The summed E-state index contributed by atoms with van der Waals surface area (Å²) in [6.45, 7) is 5.15. The molecule has 1 aliphatic rings. The van der Waals surface area contributed by atoms with Gasteiger partial charge in [-0.2, -0.15) is 0 Å². The smallest absolute Gasteiger partial charge is 0.263 e. The van der Waals surface area contributed by atoms with E-state index >= 15 is 0 Å². The molecule has 1 aromatic heterocycles. The summed E-state index contributed by atoms with van der Waals surface area (Å²) in [6, 6.07) is 7.59. The van der Waals surface area contributed by atoms with E-state index in [1.165, 1.54) is 6.20 Å². The molecule has 0 saturated carbocycles. The van der Waals surface area contributed by atoms with Crippen molar-refractivity contribution in [2.45, 2.75) is 32.3 Å². The van der Waals surface area contributed by atoms with Gasteiger partial charge in [0.2, 0.25) is 0 Å². The van der Waals surface area contributed by atoms with Gasteiger partial charge in [-0.25, -0.2) is 4.98 Å². The summed E-state index contributed by atoms with van der Waals surface area (Å²) >= 11 is 6.21. The van der Waals surface area contributed by atoms with Crippen molar-refractivity contribution in [3.63, 3.8) is 0 Å². The Balaban J connectivity index is 1.72. The molecule has 1 saturated heterocycles. The maximum Gasteiger partial charge on any atom is 0.263 e. The van der Waals surface area contributed by atoms with Gasteiger partial charge in [-0.3, -0.25) is 9.59 Å². The monoisotopic (exact) mass is 375 g/mol. The fourth-order valence-electron chi connectivity index (χ4n) is 2.96. The summed E-state index contributed by atoms with van der Waals surface area (Å²) in [5.74, 6) is 0.349.